The maximum atomic E-state index is 13.6. The van der Waals surface area contributed by atoms with Crippen LogP contribution in [0.5, 0.6) is 11.5 Å². The lowest BCUT2D eigenvalue weighted by atomic mass is 9.86. The summed E-state index contributed by atoms with van der Waals surface area (Å²) in [6, 6.07) is 21.7. The Morgan fingerprint density at radius 2 is 1.52 bits per heavy atom. The zero-order valence-electron chi connectivity index (χ0n) is 28.3. The Morgan fingerprint density at radius 3 is 2.13 bits per heavy atom. The first-order valence-electron chi connectivity index (χ1n) is 15.8. The molecule has 3 aromatic carbocycles. The Morgan fingerprint density at radius 1 is 0.826 bits per heavy atom. The molecule has 1 N–H and O–H groups in total. The van der Waals surface area contributed by atoms with E-state index < -0.39 is 28.8 Å². The summed E-state index contributed by atoms with van der Waals surface area (Å²) in [4.78, 5) is 28.4. The van der Waals surface area contributed by atoms with Crippen molar-refractivity contribution in [2.24, 2.45) is 0 Å². The van der Waals surface area contributed by atoms with Gasteiger partial charge < -0.3 is 24.3 Å². The van der Waals surface area contributed by atoms with Crippen molar-refractivity contribution in [2.45, 2.75) is 114 Å². The lowest BCUT2D eigenvalue weighted by Crippen LogP contribution is -2.57. The van der Waals surface area contributed by atoms with Crippen LogP contribution in [0.4, 0.5) is 4.79 Å². The maximum Gasteiger partial charge on any atom is 0.408 e. The molecule has 0 aliphatic carbocycles. The lowest BCUT2D eigenvalue weighted by molar-refractivity contribution is -0.164. The predicted octanol–water partition coefficient (Wildman–Crippen LogP) is 9.81. The van der Waals surface area contributed by atoms with Gasteiger partial charge in [-0.05, 0) is 109 Å². The van der Waals surface area contributed by atoms with Crippen molar-refractivity contribution in [1.29, 1.82) is 0 Å². The molecule has 1 amide bonds. The number of carbonyl (C=O) groups excluding carboxylic acids is 2. The van der Waals surface area contributed by atoms with E-state index >= 15 is 0 Å². The number of hydrogen-bond acceptors (Lipinski definition) is 7. The summed E-state index contributed by atoms with van der Waals surface area (Å²) in [6.45, 7) is 15.7. The van der Waals surface area contributed by atoms with E-state index in [-0.39, 0.29) is 6.42 Å². The monoisotopic (exact) mass is 669 g/mol. The summed E-state index contributed by atoms with van der Waals surface area (Å²) in [6.07, 6.45) is 1.09. The van der Waals surface area contributed by atoms with Gasteiger partial charge in [0.25, 0.3) is 0 Å². The molecule has 0 heterocycles. The lowest BCUT2D eigenvalue weighted by Gasteiger charge is -2.36. The van der Waals surface area contributed by atoms with Gasteiger partial charge in [0.2, 0.25) is 0 Å². The molecule has 46 heavy (non-hydrogen) atoms. The van der Waals surface area contributed by atoms with Gasteiger partial charge in [0, 0.05) is 9.92 Å². The first-order valence-corrected chi connectivity index (χ1v) is 17.0. The van der Waals surface area contributed by atoms with Crippen LogP contribution in [0.2, 0.25) is 5.02 Å². The van der Waals surface area contributed by atoms with E-state index in [1.54, 1.807) is 20.8 Å². The number of hydrogen-bond donors (Lipinski definition) is 1. The Balaban J connectivity index is 1.84. The van der Waals surface area contributed by atoms with Gasteiger partial charge in [0.1, 0.15) is 34.8 Å². The molecule has 250 valence electrons. The van der Waals surface area contributed by atoms with Crippen molar-refractivity contribution in [2.75, 3.05) is 6.61 Å². The molecule has 0 aliphatic heterocycles. The van der Waals surface area contributed by atoms with Gasteiger partial charge in [-0.3, -0.25) is 0 Å². The topological polar surface area (TPSA) is 83.1 Å². The number of carbonyl (C=O) groups is 2. The van der Waals surface area contributed by atoms with E-state index in [4.69, 9.17) is 30.5 Å². The Labute approximate surface area is 283 Å². The minimum absolute atomic E-state index is 0.287. The fraction of sp³-hybridized carbons (Fsp3) is 0.459. The smallest absolute Gasteiger partial charge is 0.408 e. The third kappa shape index (κ3) is 11.8. The van der Waals surface area contributed by atoms with Gasteiger partial charge in [-0.2, -0.15) is 0 Å². The minimum atomic E-state index is -1.29. The van der Waals surface area contributed by atoms with Crippen molar-refractivity contribution >= 4 is 35.4 Å². The average Bonchev–Trinajstić information content (AvgIpc) is 2.95. The molecule has 0 radical (unpaired) electrons. The van der Waals surface area contributed by atoms with Gasteiger partial charge in [0.15, 0.2) is 0 Å². The molecule has 0 aliphatic rings. The summed E-state index contributed by atoms with van der Waals surface area (Å²) in [7, 11) is 0. The minimum Gasteiger partial charge on any atom is -0.494 e. The van der Waals surface area contributed by atoms with Crippen molar-refractivity contribution < 1.29 is 28.5 Å². The standard InChI is InChI=1S/C37H48ClNO6S/c1-9-21-37(33(40)44-35(3,4)5,39-34(41)45-36(6,7)8)22-20-27-16-18-29(24-30(27)38)46-32-23-28(42-10-2)17-19-31(32)43-25-26-14-12-11-13-15-26/h11-19,23-24H,9-10,20-22,25H2,1-8H3,(H,39,41)/t37-/m1/s1. The predicted molar refractivity (Wildman–Crippen MR) is 185 cm³/mol. The number of alkyl carbamates (subject to hydrolysis) is 1. The molecule has 3 rings (SSSR count). The van der Waals surface area contributed by atoms with E-state index in [9.17, 15) is 9.59 Å². The van der Waals surface area contributed by atoms with Crippen LogP contribution in [0.15, 0.2) is 76.5 Å². The summed E-state index contributed by atoms with van der Waals surface area (Å²) >= 11 is 8.38. The largest absolute Gasteiger partial charge is 0.494 e. The number of nitrogens with one attached hydrogen (secondary N) is 1. The SMILES string of the molecule is CCC[C@](CCc1ccc(Sc2cc(OCC)ccc2OCc2ccccc2)cc1Cl)(NC(=O)OC(C)(C)C)C(=O)OC(C)(C)C. The molecule has 7 nitrogen and oxygen atoms in total. The molecular weight excluding hydrogens is 622 g/mol. The van der Waals surface area contributed by atoms with Gasteiger partial charge in [0.05, 0.1) is 11.5 Å². The second-order valence-electron chi connectivity index (χ2n) is 13.1. The average molecular weight is 670 g/mol. The van der Waals surface area contributed by atoms with E-state index in [0.717, 1.165) is 32.4 Å². The quantitative estimate of drug-likeness (QED) is 0.171. The molecule has 0 saturated carbocycles. The summed E-state index contributed by atoms with van der Waals surface area (Å²) in [5.41, 5.74) is -0.811. The second kappa shape index (κ2) is 16.5. The highest BCUT2D eigenvalue weighted by Gasteiger charge is 2.43. The van der Waals surface area contributed by atoms with Gasteiger partial charge in [-0.25, -0.2) is 9.59 Å². The molecule has 0 aromatic heterocycles. The number of rotatable bonds is 14. The second-order valence-corrected chi connectivity index (χ2v) is 14.7. The summed E-state index contributed by atoms with van der Waals surface area (Å²) in [5.74, 6) is 1.01. The highest BCUT2D eigenvalue weighted by atomic mass is 35.5. The first kappa shape index (κ1) is 37.1. The number of benzene rings is 3. The normalized spacial score (nSPS) is 13.0. The number of esters is 1. The van der Waals surface area contributed by atoms with E-state index in [1.165, 1.54) is 11.8 Å². The highest BCUT2D eigenvalue weighted by Crippen LogP contribution is 2.39. The fourth-order valence-corrected chi connectivity index (χ4v) is 6.06. The molecule has 0 saturated heterocycles. The van der Waals surface area contributed by atoms with Crippen LogP contribution in [0.1, 0.15) is 85.8 Å². The van der Waals surface area contributed by atoms with Crippen LogP contribution in [0, 0.1) is 0 Å². The van der Waals surface area contributed by atoms with Gasteiger partial charge >= 0.3 is 12.1 Å². The van der Waals surface area contributed by atoms with Crippen LogP contribution < -0.4 is 14.8 Å². The van der Waals surface area contributed by atoms with Crippen LogP contribution in [0.3, 0.4) is 0 Å². The van der Waals surface area contributed by atoms with Crippen LogP contribution in [-0.2, 0) is 27.3 Å². The Kier molecular flexibility index (Phi) is 13.3. The molecular formula is C37H48ClNO6S. The zero-order chi connectivity index (χ0) is 34.0. The molecule has 0 fully saturated rings. The van der Waals surface area contributed by atoms with Crippen LogP contribution >= 0.6 is 23.4 Å². The Bertz CT molecular complexity index is 1450. The van der Waals surface area contributed by atoms with E-state index in [1.807, 2.05) is 101 Å². The summed E-state index contributed by atoms with van der Waals surface area (Å²) < 4.78 is 23.3. The molecule has 0 spiro atoms. The number of amides is 1. The third-order valence-electron chi connectivity index (χ3n) is 6.74. The highest BCUT2D eigenvalue weighted by molar-refractivity contribution is 7.99. The van der Waals surface area contributed by atoms with Crippen molar-refractivity contribution in [3.8, 4) is 11.5 Å². The molecule has 1 atom stereocenters. The van der Waals surface area contributed by atoms with Crippen LogP contribution in [0.25, 0.3) is 0 Å². The zero-order valence-corrected chi connectivity index (χ0v) is 29.9. The number of halogens is 1. The van der Waals surface area contributed by atoms with Crippen molar-refractivity contribution in [3.63, 3.8) is 0 Å². The fourth-order valence-electron chi connectivity index (χ4n) is 4.76. The number of aryl methyl sites for hydroxylation is 1. The molecule has 0 unspecified atom stereocenters. The van der Waals surface area contributed by atoms with Crippen LogP contribution in [-0.4, -0.2) is 35.4 Å². The molecule has 3 aromatic rings. The van der Waals surface area contributed by atoms with Gasteiger partial charge in [-0.1, -0.05) is 73.1 Å². The van der Waals surface area contributed by atoms with E-state index in [2.05, 4.69) is 5.32 Å². The number of ether oxygens (including phenoxy) is 4. The molecule has 9 heteroatoms. The van der Waals surface area contributed by atoms with E-state index in [0.29, 0.717) is 37.5 Å². The maximum absolute atomic E-state index is 13.6. The Hall–Kier alpha value is -3.36. The first-order chi connectivity index (χ1) is 21.6. The van der Waals surface area contributed by atoms with Crippen molar-refractivity contribution in [3.05, 3.63) is 82.9 Å². The third-order valence-corrected chi connectivity index (χ3v) is 8.12. The molecule has 0 bridgehead atoms. The van der Waals surface area contributed by atoms with Crippen molar-refractivity contribution in [1.82, 2.24) is 5.32 Å². The van der Waals surface area contributed by atoms with Gasteiger partial charge in [-0.15, -0.1) is 0 Å². The summed E-state index contributed by atoms with van der Waals surface area (Å²) in [5, 5.41) is 3.44.